The topological polar surface area (TPSA) is 63.4 Å². The monoisotopic (exact) mass is 290 g/mol. The van der Waals surface area contributed by atoms with Crippen molar-refractivity contribution in [3.8, 4) is 11.1 Å². The molecule has 0 saturated carbocycles. The van der Waals surface area contributed by atoms with Crippen molar-refractivity contribution in [2.24, 2.45) is 0 Å². The van der Waals surface area contributed by atoms with Gasteiger partial charge in [-0.15, -0.1) is 0 Å². The largest absolute Gasteiger partial charge is 0.397 e. The van der Waals surface area contributed by atoms with Gasteiger partial charge in [0.05, 0.1) is 17.6 Å². The van der Waals surface area contributed by atoms with Crippen LogP contribution >= 0.6 is 0 Å². The fraction of sp³-hybridized carbons (Fsp3) is 0.200. The number of nitrogens with zero attached hydrogens (tertiary/aromatic N) is 1. The maximum Gasteiger partial charge on any atom is 0.232 e. The van der Waals surface area contributed by atoms with E-state index < -0.39 is 10.0 Å². The second kappa shape index (κ2) is 5.17. The van der Waals surface area contributed by atoms with E-state index in [0.29, 0.717) is 11.4 Å². The minimum absolute atomic E-state index is 0.441. The van der Waals surface area contributed by atoms with Crippen LogP contribution in [0.1, 0.15) is 5.56 Å². The number of nitrogens with two attached hydrogens (primary N) is 1. The minimum Gasteiger partial charge on any atom is -0.397 e. The summed E-state index contributed by atoms with van der Waals surface area (Å²) in [4.78, 5) is 0. The van der Waals surface area contributed by atoms with Gasteiger partial charge in [-0.25, -0.2) is 8.42 Å². The molecule has 0 radical (unpaired) electrons. The lowest BCUT2D eigenvalue weighted by Gasteiger charge is -2.19. The van der Waals surface area contributed by atoms with Crippen molar-refractivity contribution in [1.82, 2.24) is 0 Å². The molecule has 0 aliphatic carbocycles. The molecule has 5 heteroatoms. The van der Waals surface area contributed by atoms with E-state index in [1.54, 1.807) is 12.1 Å². The highest BCUT2D eigenvalue weighted by molar-refractivity contribution is 7.92. The van der Waals surface area contributed by atoms with Crippen LogP contribution in [-0.2, 0) is 10.0 Å². The van der Waals surface area contributed by atoms with Crippen LogP contribution in [0.15, 0.2) is 42.5 Å². The van der Waals surface area contributed by atoms with Crippen molar-refractivity contribution < 1.29 is 8.42 Å². The third-order valence-corrected chi connectivity index (χ3v) is 4.44. The molecular weight excluding hydrogens is 272 g/mol. The zero-order valence-electron chi connectivity index (χ0n) is 11.8. The Kier molecular flexibility index (Phi) is 3.72. The standard InChI is InChI=1S/C15H18N2O2S/c1-11-4-6-12(7-5-11)13-8-9-15(14(16)10-13)17(2)20(3,18)19/h4-10H,16H2,1-3H3. The second-order valence-corrected chi connectivity index (χ2v) is 6.88. The molecule has 0 aliphatic heterocycles. The van der Waals surface area contributed by atoms with E-state index >= 15 is 0 Å². The minimum atomic E-state index is -3.31. The molecule has 0 atom stereocenters. The van der Waals surface area contributed by atoms with Crippen LogP contribution < -0.4 is 10.0 Å². The fourth-order valence-corrected chi connectivity index (χ4v) is 2.47. The normalized spacial score (nSPS) is 11.3. The summed E-state index contributed by atoms with van der Waals surface area (Å²) in [6.07, 6.45) is 1.15. The van der Waals surface area contributed by atoms with E-state index in [1.807, 2.05) is 37.3 Å². The molecule has 2 rings (SSSR count). The molecular formula is C15H18N2O2S. The van der Waals surface area contributed by atoms with E-state index in [2.05, 4.69) is 0 Å². The molecule has 0 fully saturated rings. The van der Waals surface area contributed by atoms with Gasteiger partial charge in [0, 0.05) is 7.05 Å². The zero-order valence-corrected chi connectivity index (χ0v) is 12.6. The number of aryl methyl sites for hydroxylation is 1. The lowest BCUT2D eigenvalue weighted by molar-refractivity contribution is 0.600. The highest BCUT2D eigenvalue weighted by Gasteiger charge is 2.15. The quantitative estimate of drug-likeness (QED) is 0.884. The zero-order chi connectivity index (χ0) is 14.9. The first kappa shape index (κ1) is 14.4. The first-order valence-electron chi connectivity index (χ1n) is 6.19. The van der Waals surface area contributed by atoms with Crippen LogP contribution in [0, 0.1) is 6.92 Å². The SMILES string of the molecule is Cc1ccc(-c2ccc(N(C)S(C)(=O)=O)c(N)c2)cc1. The molecule has 0 heterocycles. The summed E-state index contributed by atoms with van der Waals surface area (Å²) in [6.45, 7) is 2.03. The molecule has 0 spiro atoms. The Morgan fingerprint density at radius 1 is 1.00 bits per heavy atom. The fourth-order valence-electron chi connectivity index (χ4n) is 1.95. The van der Waals surface area contributed by atoms with Crippen molar-refractivity contribution in [3.05, 3.63) is 48.0 Å². The van der Waals surface area contributed by atoms with Gasteiger partial charge in [-0.05, 0) is 30.2 Å². The molecule has 2 N–H and O–H groups in total. The van der Waals surface area contributed by atoms with Gasteiger partial charge in [0.15, 0.2) is 0 Å². The number of sulfonamides is 1. The summed E-state index contributed by atoms with van der Waals surface area (Å²) in [5.41, 5.74) is 10.1. The summed E-state index contributed by atoms with van der Waals surface area (Å²) < 4.78 is 24.3. The molecule has 0 aliphatic rings. The lowest BCUT2D eigenvalue weighted by atomic mass is 10.0. The van der Waals surface area contributed by atoms with Gasteiger partial charge in [0.1, 0.15) is 0 Å². The molecule has 2 aromatic rings. The van der Waals surface area contributed by atoms with Crippen LogP contribution in [-0.4, -0.2) is 21.7 Å². The van der Waals surface area contributed by atoms with Gasteiger partial charge in [-0.1, -0.05) is 35.9 Å². The average molecular weight is 290 g/mol. The number of anilines is 2. The van der Waals surface area contributed by atoms with Gasteiger partial charge in [-0.2, -0.15) is 0 Å². The molecule has 2 aromatic carbocycles. The van der Waals surface area contributed by atoms with E-state index in [9.17, 15) is 8.42 Å². The Morgan fingerprint density at radius 2 is 1.55 bits per heavy atom. The van der Waals surface area contributed by atoms with E-state index in [4.69, 9.17) is 5.73 Å². The molecule has 0 unspecified atom stereocenters. The second-order valence-electron chi connectivity index (χ2n) is 4.87. The molecule has 0 amide bonds. The van der Waals surface area contributed by atoms with Crippen molar-refractivity contribution >= 4 is 21.4 Å². The smallest absolute Gasteiger partial charge is 0.232 e. The van der Waals surface area contributed by atoms with Gasteiger partial charge in [0.25, 0.3) is 0 Å². The van der Waals surface area contributed by atoms with Crippen LogP contribution in [0.4, 0.5) is 11.4 Å². The Bertz CT molecular complexity index is 722. The number of hydrogen-bond donors (Lipinski definition) is 1. The van der Waals surface area contributed by atoms with Crippen LogP contribution in [0.3, 0.4) is 0 Å². The van der Waals surface area contributed by atoms with Crippen molar-refractivity contribution in [2.75, 3.05) is 23.3 Å². The number of hydrogen-bond acceptors (Lipinski definition) is 3. The summed E-state index contributed by atoms with van der Waals surface area (Å²) in [5, 5.41) is 0. The highest BCUT2D eigenvalue weighted by atomic mass is 32.2. The number of benzene rings is 2. The maximum absolute atomic E-state index is 11.5. The number of nitrogen functional groups attached to an aromatic ring is 1. The average Bonchev–Trinajstić information content (AvgIpc) is 2.37. The summed E-state index contributed by atoms with van der Waals surface area (Å²) >= 11 is 0. The molecule has 0 aromatic heterocycles. The maximum atomic E-state index is 11.5. The summed E-state index contributed by atoms with van der Waals surface area (Å²) in [5.74, 6) is 0. The van der Waals surface area contributed by atoms with Crippen LogP contribution in [0.25, 0.3) is 11.1 Å². The number of rotatable bonds is 3. The molecule has 0 saturated heterocycles. The van der Waals surface area contributed by atoms with Crippen molar-refractivity contribution in [2.45, 2.75) is 6.92 Å². The first-order chi connectivity index (χ1) is 9.29. The van der Waals surface area contributed by atoms with Gasteiger partial charge >= 0.3 is 0 Å². The van der Waals surface area contributed by atoms with Crippen LogP contribution in [0.5, 0.6) is 0 Å². The van der Waals surface area contributed by atoms with Gasteiger partial charge in [-0.3, -0.25) is 4.31 Å². The molecule has 106 valence electrons. The van der Waals surface area contributed by atoms with Gasteiger partial charge < -0.3 is 5.73 Å². The first-order valence-corrected chi connectivity index (χ1v) is 8.04. The Hall–Kier alpha value is -2.01. The van der Waals surface area contributed by atoms with Crippen LogP contribution in [0.2, 0.25) is 0 Å². The van der Waals surface area contributed by atoms with E-state index in [0.717, 1.165) is 17.4 Å². The molecule has 0 bridgehead atoms. The summed E-state index contributed by atoms with van der Waals surface area (Å²) in [6, 6.07) is 13.5. The predicted molar refractivity (Wildman–Crippen MR) is 84.3 cm³/mol. The van der Waals surface area contributed by atoms with Gasteiger partial charge in [0.2, 0.25) is 10.0 Å². The third-order valence-electron chi connectivity index (χ3n) is 3.25. The van der Waals surface area contributed by atoms with Crippen molar-refractivity contribution in [3.63, 3.8) is 0 Å². The van der Waals surface area contributed by atoms with E-state index in [-0.39, 0.29) is 0 Å². The third kappa shape index (κ3) is 2.93. The Balaban J connectivity index is 2.42. The molecule has 20 heavy (non-hydrogen) atoms. The highest BCUT2D eigenvalue weighted by Crippen LogP contribution is 2.30. The van der Waals surface area contributed by atoms with E-state index in [1.165, 1.54) is 16.9 Å². The predicted octanol–water partition coefficient (Wildman–Crippen LogP) is 2.64. The Morgan fingerprint density at radius 3 is 2.05 bits per heavy atom. The van der Waals surface area contributed by atoms with Crippen molar-refractivity contribution in [1.29, 1.82) is 0 Å². The summed E-state index contributed by atoms with van der Waals surface area (Å²) in [7, 11) is -1.82. The lowest BCUT2D eigenvalue weighted by Crippen LogP contribution is -2.25. The Labute approximate surface area is 119 Å². The molecule has 4 nitrogen and oxygen atoms in total.